The van der Waals surface area contributed by atoms with Crippen LogP contribution < -0.4 is 5.32 Å². The quantitative estimate of drug-likeness (QED) is 0.914. The summed E-state index contributed by atoms with van der Waals surface area (Å²) in [5.41, 5.74) is 2.19. The second kappa shape index (κ2) is 6.46. The molecule has 0 aliphatic heterocycles. The number of nitrogens with zero attached hydrogens (tertiary/aromatic N) is 2. The van der Waals surface area contributed by atoms with Gasteiger partial charge in [-0.05, 0) is 30.7 Å². The standard InChI is InChI=1S/C14H18ClN3S/c1-9(2)16-5-4-13-17-18-14(19-13)11-6-10(3)7-12(15)8-11/h6-9,16H,4-5H2,1-3H3. The van der Waals surface area contributed by atoms with Gasteiger partial charge in [0.1, 0.15) is 10.0 Å². The van der Waals surface area contributed by atoms with Crippen LogP contribution in [0.25, 0.3) is 10.6 Å². The molecular formula is C14H18ClN3S. The monoisotopic (exact) mass is 295 g/mol. The SMILES string of the molecule is Cc1cc(Cl)cc(-c2nnc(CCNC(C)C)s2)c1. The minimum Gasteiger partial charge on any atom is -0.314 e. The van der Waals surface area contributed by atoms with Crippen molar-refractivity contribution in [2.75, 3.05) is 6.54 Å². The Balaban J connectivity index is 2.07. The molecule has 0 fully saturated rings. The fraction of sp³-hybridized carbons (Fsp3) is 0.429. The summed E-state index contributed by atoms with van der Waals surface area (Å²) in [6, 6.07) is 6.47. The molecule has 0 saturated carbocycles. The molecule has 0 spiro atoms. The highest BCUT2D eigenvalue weighted by atomic mass is 35.5. The molecule has 0 radical (unpaired) electrons. The Labute approximate surface area is 123 Å². The minimum atomic E-state index is 0.503. The molecule has 0 atom stereocenters. The number of halogens is 1. The van der Waals surface area contributed by atoms with Crippen molar-refractivity contribution in [1.29, 1.82) is 0 Å². The fourth-order valence-electron chi connectivity index (χ4n) is 1.80. The van der Waals surface area contributed by atoms with Gasteiger partial charge in [-0.25, -0.2) is 0 Å². The van der Waals surface area contributed by atoms with E-state index < -0.39 is 0 Å². The van der Waals surface area contributed by atoms with Gasteiger partial charge in [-0.15, -0.1) is 10.2 Å². The van der Waals surface area contributed by atoms with Crippen LogP contribution in [-0.4, -0.2) is 22.8 Å². The van der Waals surface area contributed by atoms with Crippen molar-refractivity contribution >= 4 is 22.9 Å². The Morgan fingerprint density at radius 2 is 2.05 bits per heavy atom. The van der Waals surface area contributed by atoms with Crippen molar-refractivity contribution < 1.29 is 0 Å². The van der Waals surface area contributed by atoms with Crippen LogP contribution in [-0.2, 0) is 6.42 Å². The van der Waals surface area contributed by atoms with E-state index >= 15 is 0 Å². The molecule has 1 N–H and O–H groups in total. The molecule has 102 valence electrons. The molecule has 2 aromatic rings. The van der Waals surface area contributed by atoms with Gasteiger partial charge in [0.15, 0.2) is 0 Å². The average Bonchev–Trinajstić information content (AvgIpc) is 2.76. The topological polar surface area (TPSA) is 37.8 Å². The van der Waals surface area contributed by atoms with Gasteiger partial charge >= 0.3 is 0 Å². The maximum atomic E-state index is 6.07. The third kappa shape index (κ3) is 4.27. The van der Waals surface area contributed by atoms with Crippen LogP contribution in [0, 0.1) is 6.92 Å². The predicted octanol–water partition coefficient (Wildman–Crippen LogP) is 3.71. The minimum absolute atomic E-state index is 0.503. The number of nitrogens with one attached hydrogen (secondary N) is 1. The average molecular weight is 296 g/mol. The first kappa shape index (κ1) is 14.4. The molecular weight excluding hydrogens is 278 g/mol. The van der Waals surface area contributed by atoms with Crippen LogP contribution in [0.2, 0.25) is 5.02 Å². The van der Waals surface area contributed by atoms with Gasteiger partial charge < -0.3 is 5.32 Å². The van der Waals surface area contributed by atoms with Gasteiger partial charge in [0.05, 0.1) is 0 Å². The van der Waals surface area contributed by atoms with E-state index in [-0.39, 0.29) is 0 Å². The van der Waals surface area contributed by atoms with Crippen molar-refractivity contribution in [3.8, 4) is 10.6 Å². The summed E-state index contributed by atoms with van der Waals surface area (Å²) in [7, 11) is 0. The summed E-state index contributed by atoms with van der Waals surface area (Å²) < 4.78 is 0. The second-order valence-corrected chi connectivity index (χ2v) is 6.38. The first-order valence-corrected chi connectivity index (χ1v) is 7.57. The van der Waals surface area contributed by atoms with E-state index in [1.165, 1.54) is 0 Å². The summed E-state index contributed by atoms with van der Waals surface area (Å²) in [4.78, 5) is 0. The zero-order valence-corrected chi connectivity index (χ0v) is 13.0. The Bertz CT molecular complexity index is 531. The highest BCUT2D eigenvalue weighted by molar-refractivity contribution is 7.14. The van der Waals surface area contributed by atoms with E-state index in [4.69, 9.17) is 11.6 Å². The molecule has 1 aromatic heterocycles. The van der Waals surface area contributed by atoms with Gasteiger partial charge in [0, 0.05) is 29.6 Å². The molecule has 2 rings (SSSR count). The van der Waals surface area contributed by atoms with Crippen molar-refractivity contribution in [1.82, 2.24) is 15.5 Å². The molecule has 0 aliphatic carbocycles. The Morgan fingerprint density at radius 3 is 2.74 bits per heavy atom. The van der Waals surface area contributed by atoms with E-state index in [2.05, 4.69) is 35.4 Å². The smallest absolute Gasteiger partial charge is 0.147 e. The number of hydrogen-bond acceptors (Lipinski definition) is 4. The van der Waals surface area contributed by atoms with Crippen LogP contribution in [0.5, 0.6) is 0 Å². The fourth-order valence-corrected chi connectivity index (χ4v) is 2.91. The van der Waals surface area contributed by atoms with Gasteiger partial charge in [0.25, 0.3) is 0 Å². The van der Waals surface area contributed by atoms with E-state index in [1.54, 1.807) is 11.3 Å². The molecule has 0 saturated heterocycles. The van der Waals surface area contributed by atoms with Crippen LogP contribution in [0.1, 0.15) is 24.4 Å². The lowest BCUT2D eigenvalue weighted by Crippen LogP contribution is -2.24. The third-order valence-corrected chi connectivity index (χ3v) is 3.90. The lowest BCUT2D eigenvalue weighted by atomic mass is 10.1. The summed E-state index contributed by atoms with van der Waals surface area (Å²) in [6.45, 7) is 7.24. The Kier molecular flexibility index (Phi) is 4.91. The number of rotatable bonds is 5. The molecule has 19 heavy (non-hydrogen) atoms. The van der Waals surface area contributed by atoms with E-state index in [9.17, 15) is 0 Å². The molecule has 0 aliphatic rings. The van der Waals surface area contributed by atoms with Crippen LogP contribution in [0.4, 0.5) is 0 Å². The van der Waals surface area contributed by atoms with E-state index in [1.807, 2.05) is 19.1 Å². The maximum Gasteiger partial charge on any atom is 0.147 e. The van der Waals surface area contributed by atoms with E-state index in [0.29, 0.717) is 6.04 Å². The summed E-state index contributed by atoms with van der Waals surface area (Å²) in [5, 5.41) is 14.6. The van der Waals surface area contributed by atoms with Crippen molar-refractivity contribution in [2.24, 2.45) is 0 Å². The summed E-state index contributed by atoms with van der Waals surface area (Å²) in [6.07, 6.45) is 0.912. The lowest BCUT2D eigenvalue weighted by Gasteiger charge is -2.05. The van der Waals surface area contributed by atoms with Crippen molar-refractivity contribution in [2.45, 2.75) is 33.2 Å². The molecule has 3 nitrogen and oxygen atoms in total. The Hall–Kier alpha value is -0.970. The van der Waals surface area contributed by atoms with Gasteiger partial charge in [0.2, 0.25) is 0 Å². The van der Waals surface area contributed by atoms with Gasteiger partial charge in [-0.1, -0.05) is 36.8 Å². The maximum absolute atomic E-state index is 6.07. The molecule has 0 unspecified atom stereocenters. The van der Waals surface area contributed by atoms with Crippen LogP contribution in [0.3, 0.4) is 0 Å². The third-order valence-electron chi connectivity index (χ3n) is 2.65. The van der Waals surface area contributed by atoms with Gasteiger partial charge in [-0.3, -0.25) is 0 Å². The normalized spacial score (nSPS) is 11.2. The lowest BCUT2D eigenvalue weighted by molar-refractivity contribution is 0.588. The van der Waals surface area contributed by atoms with Gasteiger partial charge in [-0.2, -0.15) is 0 Å². The highest BCUT2D eigenvalue weighted by Crippen LogP contribution is 2.27. The van der Waals surface area contributed by atoms with E-state index in [0.717, 1.165) is 39.1 Å². The largest absolute Gasteiger partial charge is 0.314 e. The highest BCUT2D eigenvalue weighted by Gasteiger charge is 2.08. The first-order valence-electron chi connectivity index (χ1n) is 6.38. The number of aromatic nitrogens is 2. The number of benzene rings is 1. The zero-order valence-electron chi connectivity index (χ0n) is 11.4. The molecule has 0 amide bonds. The van der Waals surface area contributed by atoms with Crippen LogP contribution >= 0.6 is 22.9 Å². The number of aryl methyl sites for hydroxylation is 1. The molecule has 0 bridgehead atoms. The summed E-state index contributed by atoms with van der Waals surface area (Å²) >= 11 is 7.71. The second-order valence-electron chi connectivity index (χ2n) is 4.88. The van der Waals surface area contributed by atoms with Crippen LogP contribution in [0.15, 0.2) is 18.2 Å². The number of hydrogen-bond donors (Lipinski definition) is 1. The Morgan fingerprint density at radius 1 is 1.26 bits per heavy atom. The van der Waals surface area contributed by atoms with Crippen molar-refractivity contribution in [3.63, 3.8) is 0 Å². The first-order chi connectivity index (χ1) is 9.04. The molecule has 1 heterocycles. The predicted molar refractivity (Wildman–Crippen MR) is 81.9 cm³/mol. The summed E-state index contributed by atoms with van der Waals surface area (Å²) in [5.74, 6) is 0. The molecule has 5 heteroatoms. The van der Waals surface area contributed by atoms with Crippen molar-refractivity contribution in [3.05, 3.63) is 33.8 Å². The molecule has 1 aromatic carbocycles. The zero-order chi connectivity index (χ0) is 13.8.